The number of anilines is 1. The molecular formula is C22H16F3NO3. The Hall–Kier alpha value is -3.61. The predicted molar refractivity (Wildman–Crippen MR) is 103 cm³/mol. The summed E-state index contributed by atoms with van der Waals surface area (Å²) in [4.78, 5) is 23.6. The highest BCUT2D eigenvalue weighted by atomic mass is 19.4. The molecule has 3 aromatic rings. The Morgan fingerprint density at radius 1 is 0.862 bits per heavy atom. The van der Waals surface area contributed by atoms with E-state index in [1.807, 2.05) is 0 Å². The Balaban J connectivity index is 1.86. The van der Waals surface area contributed by atoms with Gasteiger partial charge < -0.3 is 10.4 Å². The lowest BCUT2D eigenvalue weighted by Crippen LogP contribution is -2.15. The van der Waals surface area contributed by atoms with Gasteiger partial charge in [-0.1, -0.05) is 42.5 Å². The van der Waals surface area contributed by atoms with Crippen molar-refractivity contribution in [3.63, 3.8) is 0 Å². The van der Waals surface area contributed by atoms with Crippen LogP contribution in [0.1, 0.15) is 21.5 Å². The third-order valence-corrected chi connectivity index (χ3v) is 4.25. The predicted octanol–water partition coefficient (Wildman–Crippen LogP) is 5.25. The first-order valence-corrected chi connectivity index (χ1v) is 8.63. The number of carbonyl (C=O) groups is 2. The molecule has 4 nitrogen and oxygen atoms in total. The van der Waals surface area contributed by atoms with Gasteiger partial charge >= 0.3 is 12.1 Å². The molecule has 0 saturated carbocycles. The number of benzene rings is 3. The number of hydrogen-bond acceptors (Lipinski definition) is 2. The maximum Gasteiger partial charge on any atom is 0.416 e. The minimum atomic E-state index is -4.45. The quantitative estimate of drug-likeness (QED) is 0.616. The molecule has 29 heavy (non-hydrogen) atoms. The number of carboxylic acids is 1. The Bertz CT molecular complexity index is 1060. The Kier molecular flexibility index (Phi) is 5.68. The van der Waals surface area contributed by atoms with Crippen LogP contribution in [0.2, 0.25) is 0 Å². The van der Waals surface area contributed by atoms with Gasteiger partial charge in [0.15, 0.2) is 0 Å². The van der Waals surface area contributed by atoms with E-state index in [1.165, 1.54) is 12.1 Å². The van der Waals surface area contributed by atoms with Gasteiger partial charge in [-0.2, -0.15) is 13.2 Å². The van der Waals surface area contributed by atoms with Crippen molar-refractivity contribution in [1.29, 1.82) is 0 Å². The molecule has 0 aliphatic carbocycles. The van der Waals surface area contributed by atoms with Crippen LogP contribution in [0.15, 0.2) is 72.8 Å². The van der Waals surface area contributed by atoms with Crippen LogP contribution >= 0.6 is 0 Å². The Labute approximate surface area is 164 Å². The van der Waals surface area contributed by atoms with Crippen molar-refractivity contribution >= 4 is 17.6 Å². The number of aliphatic carboxylic acids is 1. The van der Waals surface area contributed by atoms with Crippen LogP contribution in [-0.4, -0.2) is 17.0 Å². The summed E-state index contributed by atoms with van der Waals surface area (Å²) in [7, 11) is 0. The number of rotatable bonds is 5. The van der Waals surface area contributed by atoms with E-state index < -0.39 is 23.6 Å². The summed E-state index contributed by atoms with van der Waals surface area (Å²) in [5, 5.41) is 11.7. The highest BCUT2D eigenvalue weighted by molar-refractivity contribution is 6.06. The molecule has 0 aliphatic rings. The second-order valence-electron chi connectivity index (χ2n) is 6.34. The fourth-order valence-electron chi connectivity index (χ4n) is 2.91. The molecule has 0 spiro atoms. The zero-order chi connectivity index (χ0) is 21.0. The van der Waals surface area contributed by atoms with Crippen LogP contribution in [0.25, 0.3) is 11.1 Å². The van der Waals surface area contributed by atoms with E-state index in [0.29, 0.717) is 22.4 Å². The van der Waals surface area contributed by atoms with E-state index in [0.717, 1.165) is 12.1 Å². The molecule has 0 bridgehead atoms. The van der Waals surface area contributed by atoms with Crippen molar-refractivity contribution in [2.24, 2.45) is 0 Å². The molecule has 3 rings (SSSR count). The molecule has 148 valence electrons. The summed E-state index contributed by atoms with van der Waals surface area (Å²) in [5.41, 5.74) is 1.09. The number of alkyl halides is 3. The minimum Gasteiger partial charge on any atom is -0.481 e. The number of hydrogen-bond donors (Lipinski definition) is 2. The van der Waals surface area contributed by atoms with Gasteiger partial charge in [-0.3, -0.25) is 9.59 Å². The molecule has 7 heteroatoms. The standard InChI is InChI=1S/C22H16F3NO3/c23-22(24,25)17-8-3-6-14(11-17)15-7-4-9-18(12-15)26-21(29)19-10-2-1-5-16(19)13-20(27)28/h1-12H,13H2,(H,26,29)(H,27,28). The third-order valence-electron chi connectivity index (χ3n) is 4.25. The summed E-state index contributed by atoms with van der Waals surface area (Å²) < 4.78 is 38.9. The van der Waals surface area contributed by atoms with Crippen molar-refractivity contribution in [3.8, 4) is 11.1 Å². The van der Waals surface area contributed by atoms with Crippen molar-refractivity contribution in [1.82, 2.24) is 0 Å². The molecule has 0 heterocycles. The van der Waals surface area contributed by atoms with Crippen LogP contribution in [0, 0.1) is 0 Å². The van der Waals surface area contributed by atoms with Crippen molar-refractivity contribution in [2.75, 3.05) is 5.32 Å². The summed E-state index contributed by atoms with van der Waals surface area (Å²) in [6, 6.07) is 17.7. The zero-order valence-corrected chi connectivity index (χ0v) is 15.0. The van der Waals surface area contributed by atoms with E-state index in [4.69, 9.17) is 5.11 Å². The maximum atomic E-state index is 13.0. The molecule has 3 aromatic carbocycles. The maximum absolute atomic E-state index is 13.0. The first-order valence-electron chi connectivity index (χ1n) is 8.63. The number of carboxylic acid groups (broad SMARTS) is 1. The average molecular weight is 399 g/mol. The van der Waals surface area contributed by atoms with Crippen molar-refractivity contribution in [2.45, 2.75) is 12.6 Å². The van der Waals surface area contributed by atoms with Gasteiger partial charge in [0.25, 0.3) is 5.91 Å². The van der Waals surface area contributed by atoms with Gasteiger partial charge in [0.2, 0.25) is 0 Å². The summed E-state index contributed by atoms with van der Waals surface area (Å²) >= 11 is 0. The zero-order valence-electron chi connectivity index (χ0n) is 15.0. The fourth-order valence-corrected chi connectivity index (χ4v) is 2.91. The molecule has 2 N–H and O–H groups in total. The van der Waals surface area contributed by atoms with E-state index in [2.05, 4.69) is 5.32 Å². The molecule has 0 aromatic heterocycles. The first-order chi connectivity index (χ1) is 13.7. The van der Waals surface area contributed by atoms with E-state index in [1.54, 1.807) is 48.5 Å². The molecule has 0 unspecified atom stereocenters. The lowest BCUT2D eigenvalue weighted by atomic mass is 10.0. The van der Waals surface area contributed by atoms with Crippen LogP contribution < -0.4 is 5.32 Å². The van der Waals surface area contributed by atoms with Crippen molar-refractivity contribution < 1.29 is 27.9 Å². The van der Waals surface area contributed by atoms with Gasteiger partial charge in [-0.05, 0) is 47.0 Å². The number of carbonyl (C=O) groups excluding carboxylic acids is 1. The average Bonchev–Trinajstić information content (AvgIpc) is 2.67. The van der Waals surface area contributed by atoms with Crippen LogP contribution in [0.5, 0.6) is 0 Å². The highest BCUT2D eigenvalue weighted by Crippen LogP contribution is 2.32. The molecule has 0 aliphatic heterocycles. The molecule has 0 radical (unpaired) electrons. The van der Waals surface area contributed by atoms with Gasteiger partial charge in [-0.25, -0.2) is 0 Å². The number of halogens is 3. The molecule has 0 saturated heterocycles. The van der Waals surface area contributed by atoms with Gasteiger partial charge in [0, 0.05) is 11.3 Å². The van der Waals surface area contributed by atoms with E-state index in [-0.39, 0.29) is 12.0 Å². The number of nitrogens with one attached hydrogen (secondary N) is 1. The second kappa shape index (κ2) is 8.18. The molecule has 1 amide bonds. The molecule has 0 atom stereocenters. The first kappa shape index (κ1) is 20.1. The van der Waals surface area contributed by atoms with Crippen LogP contribution in [0.3, 0.4) is 0 Å². The van der Waals surface area contributed by atoms with Crippen molar-refractivity contribution in [3.05, 3.63) is 89.5 Å². The Morgan fingerprint density at radius 3 is 2.21 bits per heavy atom. The van der Waals surface area contributed by atoms with Gasteiger partial charge in [0.05, 0.1) is 12.0 Å². The highest BCUT2D eigenvalue weighted by Gasteiger charge is 2.30. The van der Waals surface area contributed by atoms with Crippen LogP contribution in [-0.2, 0) is 17.4 Å². The van der Waals surface area contributed by atoms with Crippen LogP contribution in [0.4, 0.5) is 18.9 Å². The second-order valence-corrected chi connectivity index (χ2v) is 6.34. The summed E-state index contributed by atoms with van der Waals surface area (Å²) in [6.45, 7) is 0. The lowest BCUT2D eigenvalue weighted by molar-refractivity contribution is -0.138. The fraction of sp³-hybridized carbons (Fsp3) is 0.0909. The number of amides is 1. The largest absolute Gasteiger partial charge is 0.481 e. The molecular weight excluding hydrogens is 383 g/mol. The monoisotopic (exact) mass is 399 g/mol. The Morgan fingerprint density at radius 2 is 1.52 bits per heavy atom. The normalized spacial score (nSPS) is 11.1. The SMILES string of the molecule is O=C(O)Cc1ccccc1C(=O)Nc1cccc(-c2cccc(C(F)(F)F)c2)c1. The smallest absolute Gasteiger partial charge is 0.416 e. The summed E-state index contributed by atoms with van der Waals surface area (Å²) in [6.07, 6.45) is -4.75. The third kappa shape index (κ3) is 5.01. The molecule has 0 fully saturated rings. The van der Waals surface area contributed by atoms with E-state index >= 15 is 0 Å². The topological polar surface area (TPSA) is 66.4 Å². The lowest BCUT2D eigenvalue weighted by Gasteiger charge is -2.12. The van der Waals surface area contributed by atoms with E-state index in [9.17, 15) is 22.8 Å². The summed E-state index contributed by atoms with van der Waals surface area (Å²) in [5.74, 6) is -1.56. The minimum absolute atomic E-state index is 0.222. The van der Waals surface area contributed by atoms with Gasteiger partial charge in [-0.15, -0.1) is 0 Å². The van der Waals surface area contributed by atoms with Gasteiger partial charge in [0.1, 0.15) is 0 Å².